The number of rotatable bonds is 9. The van der Waals surface area contributed by atoms with Crippen LogP contribution in [0.25, 0.3) is 0 Å². The van der Waals surface area contributed by atoms with Gasteiger partial charge in [0.2, 0.25) is 0 Å². The third-order valence-electron chi connectivity index (χ3n) is 6.09. The molecular formula is C29H30B10F2N2O6. The standard InChI is InChI=1S/C14H12FNO2.C8H6O3.C6H6FN.CH4O.B10.H2/c15-12-3-1-2-4-13(12)16-9-10-5-7-11(8-6-10)14(17)18;9-5-6-1-3-7(4-2-6)8(10)11;7-5-3-1-2-4-6(5)8;1-2;1-7(2)10(8(3)4)9(5)6;/h1-8,16H,9H2,(H,17,18);1-5H,(H,10,11);1-4H,8H2;2H,1H3;;1H. The summed E-state index contributed by atoms with van der Waals surface area (Å²) >= 11 is 0. The molecule has 4 aromatic rings. The van der Waals surface area contributed by atoms with Gasteiger partial charge in [-0.2, -0.15) is 0 Å². The number of anilines is 2. The van der Waals surface area contributed by atoms with Gasteiger partial charge in [-0.05, 0) is 54.1 Å². The van der Waals surface area contributed by atoms with Crippen molar-refractivity contribution in [3.8, 4) is 0 Å². The minimum absolute atomic E-state index is 0. The second-order valence-electron chi connectivity index (χ2n) is 9.71. The third kappa shape index (κ3) is 18.1. The average Bonchev–Trinajstić information content (AvgIpc) is 3.07. The molecule has 4 aromatic carbocycles. The lowest BCUT2D eigenvalue weighted by Crippen LogP contribution is -2.62. The number of carbonyl (C=O) groups is 3. The van der Waals surface area contributed by atoms with Gasteiger partial charge in [0.25, 0.3) is 0 Å². The molecule has 4 rings (SSSR count). The van der Waals surface area contributed by atoms with E-state index in [0.717, 1.165) is 12.7 Å². The Morgan fingerprint density at radius 1 is 0.714 bits per heavy atom. The van der Waals surface area contributed by atoms with Gasteiger partial charge in [-0.25, -0.2) is 18.4 Å². The van der Waals surface area contributed by atoms with E-state index in [2.05, 4.69) is 5.32 Å². The highest BCUT2D eigenvalue weighted by molar-refractivity contribution is 8.00. The van der Waals surface area contributed by atoms with Gasteiger partial charge < -0.3 is 26.4 Å². The Balaban J connectivity index is 0. The lowest BCUT2D eigenvalue weighted by molar-refractivity contribution is 0.0686. The number of carbonyl (C=O) groups excluding carboxylic acids is 1. The van der Waals surface area contributed by atoms with E-state index in [0.29, 0.717) is 24.1 Å². The number of aliphatic hydroxyl groups is 1. The van der Waals surface area contributed by atoms with Crippen molar-refractivity contribution in [3.63, 3.8) is 0 Å². The first-order valence-corrected chi connectivity index (χ1v) is 14.2. The van der Waals surface area contributed by atoms with Gasteiger partial charge in [-0.3, -0.25) is 4.79 Å². The SMILES string of the molecule is CO.Nc1ccccc1F.O=C(O)c1ccc(CNc2ccccc2F)cc1.O=Cc1ccc(C(=O)O)cc1.[B]B([B])B(B([B])[B])B([B])[B].[HH]. The zero-order chi connectivity index (χ0) is 37.5. The van der Waals surface area contributed by atoms with Crippen LogP contribution in [0.5, 0.6) is 0 Å². The average molecular weight is 649 g/mol. The first-order valence-electron chi connectivity index (χ1n) is 14.2. The zero-order valence-electron chi connectivity index (χ0n) is 26.7. The smallest absolute Gasteiger partial charge is 0.335 e. The molecule has 0 aliphatic rings. The summed E-state index contributed by atoms with van der Waals surface area (Å²) in [6, 6.07) is 24.8. The molecule has 236 valence electrons. The predicted octanol–water partition coefficient (Wildman–Crippen LogP) is 1.79. The molecule has 0 aliphatic heterocycles. The highest BCUT2D eigenvalue weighted by Gasteiger charge is 2.24. The Bertz CT molecular complexity index is 1520. The van der Waals surface area contributed by atoms with E-state index in [4.69, 9.17) is 67.5 Å². The Labute approximate surface area is 296 Å². The number of carboxylic acids is 2. The summed E-state index contributed by atoms with van der Waals surface area (Å²) in [7, 11) is 32.8. The molecule has 6 N–H and O–H groups in total. The molecule has 20 heteroatoms. The number of halogens is 2. The zero-order valence-corrected chi connectivity index (χ0v) is 26.7. The van der Waals surface area contributed by atoms with Crippen molar-refractivity contribution in [1.29, 1.82) is 0 Å². The van der Waals surface area contributed by atoms with Crippen molar-refractivity contribution in [2.75, 3.05) is 18.2 Å². The molecule has 49 heavy (non-hydrogen) atoms. The third-order valence-corrected chi connectivity index (χ3v) is 6.09. The summed E-state index contributed by atoms with van der Waals surface area (Å²) in [5.41, 5.74) is 7.58. The molecule has 0 aromatic heterocycles. The predicted molar refractivity (Wildman–Crippen MR) is 205 cm³/mol. The van der Waals surface area contributed by atoms with Gasteiger partial charge in [0.15, 0.2) is 0 Å². The first kappa shape index (κ1) is 44.6. The summed E-state index contributed by atoms with van der Waals surface area (Å²) in [5, 5.41) is 27.2. The lowest BCUT2D eigenvalue weighted by Gasteiger charge is -2.23. The van der Waals surface area contributed by atoms with Crippen LogP contribution in [0.4, 0.5) is 20.2 Å². The van der Waals surface area contributed by atoms with Crippen LogP contribution in [-0.4, -0.2) is 113 Å². The van der Waals surface area contributed by atoms with Crippen molar-refractivity contribution in [2.45, 2.75) is 6.54 Å². The van der Waals surface area contributed by atoms with Crippen LogP contribution < -0.4 is 11.1 Å². The van der Waals surface area contributed by atoms with Crippen molar-refractivity contribution in [2.24, 2.45) is 0 Å². The molecule has 12 radical (unpaired) electrons. The maximum absolute atomic E-state index is 13.3. The Kier molecular flexibility index (Phi) is 22.4. The monoisotopic (exact) mass is 650 g/mol. The molecule has 0 fully saturated rings. The summed E-state index contributed by atoms with van der Waals surface area (Å²) in [6.07, 6.45) is -1.77. The Morgan fingerprint density at radius 3 is 1.45 bits per heavy atom. The highest BCUT2D eigenvalue weighted by atomic mass is 19.1. The lowest BCUT2D eigenvalue weighted by atomic mass is 8.58. The molecule has 0 atom stereocenters. The molecule has 0 saturated heterocycles. The van der Waals surface area contributed by atoms with Crippen molar-refractivity contribution in [1.82, 2.24) is 0 Å². The normalized spacial score (nSPS) is 9.06. The molecule has 0 aliphatic carbocycles. The Hall–Kier alpha value is -4.44. The van der Waals surface area contributed by atoms with E-state index in [-0.39, 0.29) is 29.9 Å². The van der Waals surface area contributed by atoms with Gasteiger partial charge in [0.1, 0.15) is 17.9 Å². The van der Waals surface area contributed by atoms with E-state index >= 15 is 0 Å². The van der Waals surface area contributed by atoms with Crippen LogP contribution in [0.15, 0.2) is 97.1 Å². The molecule has 0 amide bonds. The summed E-state index contributed by atoms with van der Waals surface area (Å²) in [6.45, 7) is 0.445. The largest absolute Gasteiger partial charge is 0.478 e. The van der Waals surface area contributed by atoms with Crippen molar-refractivity contribution < 1.29 is 39.9 Å². The molecule has 0 heterocycles. The number of para-hydroxylation sites is 2. The molecule has 8 nitrogen and oxygen atoms in total. The second kappa shape index (κ2) is 24.7. The van der Waals surface area contributed by atoms with Crippen LogP contribution in [0.2, 0.25) is 0 Å². The summed E-state index contributed by atoms with van der Waals surface area (Å²) in [4.78, 5) is 31.1. The Morgan fingerprint density at radius 2 is 1.12 bits per heavy atom. The number of nitrogens with one attached hydrogen (secondary N) is 1. The number of aliphatic hydroxyl groups excluding tert-OH is 1. The highest BCUT2D eigenvalue weighted by Crippen LogP contribution is 2.14. The molecular weight excluding hydrogens is 618 g/mol. The van der Waals surface area contributed by atoms with Crippen LogP contribution >= 0.6 is 0 Å². The second-order valence-corrected chi connectivity index (χ2v) is 9.71. The summed E-state index contributed by atoms with van der Waals surface area (Å²) in [5.74, 6) is -2.60. The fourth-order valence-corrected chi connectivity index (χ4v) is 3.52. The van der Waals surface area contributed by atoms with Gasteiger partial charge in [0.05, 0.1) is 22.5 Å². The van der Waals surface area contributed by atoms with Gasteiger partial charge in [-0.15, -0.1) is 0 Å². The number of hydrogen-bond acceptors (Lipinski definition) is 6. The minimum Gasteiger partial charge on any atom is -0.478 e. The number of nitrogens with two attached hydrogens (primary N) is 1. The van der Waals surface area contributed by atoms with Gasteiger partial charge in [-0.1, -0.05) is 48.5 Å². The number of hydrogen-bond donors (Lipinski definition) is 5. The fraction of sp³-hybridized carbons (Fsp3) is 0.0690. The maximum atomic E-state index is 13.3. The van der Waals surface area contributed by atoms with Crippen molar-refractivity contribution >= 4 is 102 Å². The number of carboxylic acid groups (broad SMARTS) is 2. The van der Waals surface area contributed by atoms with Gasteiger partial charge in [0, 0.05) is 92.6 Å². The van der Waals surface area contributed by atoms with Crippen LogP contribution in [0.1, 0.15) is 38.1 Å². The van der Waals surface area contributed by atoms with Gasteiger partial charge >= 0.3 is 11.9 Å². The number of benzene rings is 4. The molecule has 0 spiro atoms. The number of nitrogen functional groups attached to an aromatic ring is 1. The molecule has 0 bridgehead atoms. The number of aromatic carboxylic acids is 2. The maximum Gasteiger partial charge on any atom is 0.335 e. The molecule has 0 unspecified atom stereocenters. The van der Waals surface area contributed by atoms with E-state index in [1.54, 1.807) is 42.5 Å². The van der Waals surface area contributed by atoms with Crippen molar-refractivity contribution in [3.05, 3.63) is 131 Å². The topological polar surface area (TPSA) is 150 Å². The van der Waals surface area contributed by atoms with E-state index in [1.165, 1.54) is 54.6 Å². The minimum atomic E-state index is -0.984. The van der Waals surface area contributed by atoms with E-state index < -0.39 is 37.5 Å². The first-order chi connectivity index (χ1) is 23.2. The van der Waals surface area contributed by atoms with E-state index in [9.17, 15) is 23.2 Å². The number of aldehydes is 1. The van der Waals surface area contributed by atoms with Crippen LogP contribution in [0, 0.1) is 11.6 Å². The van der Waals surface area contributed by atoms with Crippen LogP contribution in [-0.2, 0) is 6.54 Å². The molecule has 0 saturated carbocycles. The fourth-order valence-electron chi connectivity index (χ4n) is 3.52. The van der Waals surface area contributed by atoms with E-state index in [1.807, 2.05) is 0 Å². The van der Waals surface area contributed by atoms with Crippen LogP contribution in [0.3, 0.4) is 0 Å². The summed E-state index contributed by atoms with van der Waals surface area (Å²) < 4.78 is 25.5. The quantitative estimate of drug-likeness (QED) is 0.105.